The maximum absolute atomic E-state index is 11.8. The number of esters is 1. The minimum Gasteiger partial charge on any atom is -0.423 e. The molecule has 102 valence electrons. The molecule has 0 spiro atoms. The summed E-state index contributed by atoms with van der Waals surface area (Å²) in [6, 6.07) is 0. The molecular weight excluding hydrogens is 240 g/mol. The van der Waals surface area contributed by atoms with E-state index in [0.717, 1.165) is 5.57 Å². The van der Waals surface area contributed by atoms with Crippen LogP contribution in [0.3, 0.4) is 0 Å². The number of aliphatic hydroxyl groups is 1. The Kier molecular flexibility index (Phi) is 2.55. The van der Waals surface area contributed by atoms with Crippen LogP contribution in [0.1, 0.15) is 34.1 Å². The molecule has 0 bridgehead atoms. The van der Waals surface area contributed by atoms with Crippen molar-refractivity contribution in [1.29, 1.82) is 0 Å². The van der Waals surface area contributed by atoms with Gasteiger partial charge in [0.1, 0.15) is 5.76 Å². The Bertz CT molecular complexity index is 552. The molecule has 0 saturated carbocycles. The van der Waals surface area contributed by atoms with Gasteiger partial charge >= 0.3 is 5.97 Å². The van der Waals surface area contributed by atoms with E-state index in [1.165, 1.54) is 5.57 Å². The second kappa shape index (κ2) is 3.83. The molecule has 0 fully saturated rings. The molecule has 19 heavy (non-hydrogen) atoms. The van der Waals surface area contributed by atoms with Crippen LogP contribution in [0.2, 0.25) is 0 Å². The minimum absolute atomic E-state index is 0.133. The van der Waals surface area contributed by atoms with Crippen molar-refractivity contribution in [2.24, 2.45) is 17.3 Å². The first-order chi connectivity index (χ1) is 8.87. The zero-order valence-electron chi connectivity index (χ0n) is 11.9. The molecule has 0 aromatic carbocycles. The van der Waals surface area contributed by atoms with Crippen molar-refractivity contribution >= 4 is 5.97 Å². The molecule has 0 saturated heterocycles. The van der Waals surface area contributed by atoms with Crippen LogP contribution in [0.25, 0.3) is 0 Å². The molecule has 0 amide bonds. The number of allylic oxidation sites excluding steroid dienone is 3. The molecule has 0 unspecified atom stereocenters. The maximum Gasteiger partial charge on any atom is 0.339 e. The van der Waals surface area contributed by atoms with Gasteiger partial charge < -0.3 is 9.84 Å². The Morgan fingerprint density at radius 2 is 2.11 bits per heavy atom. The van der Waals surface area contributed by atoms with Crippen LogP contribution < -0.4 is 0 Å². The average Bonchev–Trinajstić information content (AvgIpc) is 2.65. The Morgan fingerprint density at radius 3 is 2.79 bits per heavy atom. The summed E-state index contributed by atoms with van der Waals surface area (Å²) in [7, 11) is 0. The first kappa shape index (κ1) is 12.7. The van der Waals surface area contributed by atoms with Gasteiger partial charge in [0.25, 0.3) is 0 Å². The molecule has 4 atom stereocenters. The lowest BCUT2D eigenvalue weighted by Gasteiger charge is -2.49. The fourth-order valence-corrected chi connectivity index (χ4v) is 3.81. The molecule has 2 aliphatic carbocycles. The lowest BCUT2D eigenvalue weighted by atomic mass is 9.55. The lowest BCUT2D eigenvalue weighted by Crippen LogP contribution is -2.45. The maximum atomic E-state index is 11.8. The summed E-state index contributed by atoms with van der Waals surface area (Å²) in [5.74, 6) is 0.818. The van der Waals surface area contributed by atoms with Crippen molar-refractivity contribution in [3.8, 4) is 0 Å². The van der Waals surface area contributed by atoms with Crippen molar-refractivity contribution in [1.82, 2.24) is 0 Å². The summed E-state index contributed by atoms with van der Waals surface area (Å²) in [4.78, 5) is 11.8. The van der Waals surface area contributed by atoms with E-state index >= 15 is 0 Å². The Balaban J connectivity index is 2.21. The van der Waals surface area contributed by atoms with Crippen LogP contribution in [0, 0.1) is 17.3 Å². The number of carbonyl (C=O) groups excluding carboxylic acids is 1. The third kappa shape index (κ3) is 1.45. The fourth-order valence-electron chi connectivity index (χ4n) is 3.81. The Labute approximate surface area is 113 Å². The normalized spacial score (nSPS) is 41.3. The zero-order chi connectivity index (χ0) is 13.9. The van der Waals surface area contributed by atoms with Gasteiger partial charge in [-0.15, -0.1) is 0 Å². The van der Waals surface area contributed by atoms with Gasteiger partial charge in [-0.3, -0.25) is 0 Å². The first-order valence-corrected chi connectivity index (χ1v) is 6.91. The number of fused-ring (bicyclic) bond motifs is 2. The molecule has 1 aliphatic heterocycles. The van der Waals surface area contributed by atoms with Gasteiger partial charge in [-0.2, -0.15) is 0 Å². The SMILES string of the molecule is CC1=C2C(=CC3=CC[C@H](O)[C@H](C)[C@@]3(C)[C@H]2C)OC1=O. The molecule has 0 radical (unpaired) electrons. The predicted octanol–water partition coefficient (Wildman–Crippen LogP) is 2.73. The van der Waals surface area contributed by atoms with Crippen LogP contribution >= 0.6 is 0 Å². The standard InChI is InChI=1S/C16H20O3/c1-8-14-10(3)16(4)9(2)12(17)6-5-11(16)7-13(14)19-15(8)18/h5,7,9-10,12,17H,6H2,1-4H3/t9-,10-,12-,16-/m0/s1. The Morgan fingerprint density at radius 1 is 1.42 bits per heavy atom. The molecule has 3 rings (SSSR count). The van der Waals surface area contributed by atoms with E-state index < -0.39 is 0 Å². The molecule has 3 heteroatoms. The van der Waals surface area contributed by atoms with E-state index in [4.69, 9.17) is 4.74 Å². The lowest BCUT2D eigenvalue weighted by molar-refractivity contribution is -0.133. The van der Waals surface area contributed by atoms with Gasteiger partial charge in [-0.1, -0.05) is 26.8 Å². The van der Waals surface area contributed by atoms with Crippen molar-refractivity contribution in [2.75, 3.05) is 0 Å². The van der Waals surface area contributed by atoms with E-state index in [1.807, 2.05) is 13.0 Å². The second-order valence-corrected chi connectivity index (χ2v) is 6.19. The van der Waals surface area contributed by atoms with Crippen LogP contribution in [0.4, 0.5) is 0 Å². The first-order valence-electron chi connectivity index (χ1n) is 6.91. The summed E-state index contributed by atoms with van der Waals surface area (Å²) < 4.78 is 5.35. The Hall–Kier alpha value is -1.35. The highest BCUT2D eigenvalue weighted by Crippen LogP contribution is 2.56. The number of hydrogen-bond acceptors (Lipinski definition) is 3. The number of carbonyl (C=O) groups is 1. The summed E-state index contributed by atoms with van der Waals surface area (Å²) in [5.41, 5.74) is 2.79. The van der Waals surface area contributed by atoms with Crippen molar-refractivity contribution < 1.29 is 14.6 Å². The van der Waals surface area contributed by atoms with Gasteiger partial charge in [0.15, 0.2) is 0 Å². The van der Waals surface area contributed by atoms with Crippen LogP contribution in [-0.4, -0.2) is 17.2 Å². The monoisotopic (exact) mass is 260 g/mol. The van der Waals surface area contributed by atoms with Crippen molar-refractivity contribution in [3.63, 3.8) is 0 Å². The number of aliphatic hydroxyl groups excluding tert-OH is 1. The number of hydrogen-bond donors (Lipinski definition) is 1. The number of ether oxygens (including phenoxy) is 1. The third-order valence-corrected chi connectivity index (χ3v) is 5.52. The largest absolute Gasteiger partial charge is 0.423 e. The molecule has 3 nitrogen and oxygen atoms in total. The summed E-state index contributed by atoms with van der Waals surface area (Å²) in [5, 5.41) is 10.2. The molecule has 0 aromatic rings. The highest BCUT2D eigenvalue weighted by Gasteiger charge is 2.51. The number of rotatable bonds is 0. The molecule has 0 aromatic heterocycles. The van der Waals surface area contributed by atoms with Crippen LogP contribution in [0.5, 0.6) is 0 Å². The third-order valence-electron chi connectivity index (χ3n) is 5.52. The topological polar surface area (TPSA) is 46.5 Å². The minimum atomic E-state index is -0.315. The molecule has 1 heterocycles. The van der Waals surface area contributed by atoms with Crippen LogP contribution in [-0.2, 0) is 9.53 Å². The van der Waals surface area contributed by atoms with Crippen LogP contribution in [0.15, 0.2) is 34.6 Å². The van der Waals surface area contributed by atoms with Crippen molar-refractivity contribution in [3.05, 3.63) is 34.6 Å². The van der Waals surface area contributed by atoms with Gasteiger partial charge in [-0.05, 0) is 36.8 Å². The fraction of sp³-hybridized carbons (Fsp3) is 0.562. The van der Waals surface area contributed by atoms with Gasteiger partial charge in [0.05, 0.1) is 6.10 Å². The van der Waals surface area contributed by atoms with Crippen molar-refractivity contribution in [2.45, 2.75) is 40.2 Å². The van der Waals surface area contributed by atoms with Gasteiger partial charge in [-0.25, -0.2) is 4.79 Å². The second-order valence-electron chi connectivity index (χ2n) is 6.19. The highest BCUT2D eigenvalue weighted by molar-refractivity contribution is 5.94. The van der Waals surface area contributed by atoms with E-state index in [2.05, 4.69) is 26.8 Å². The molecular formula is C16H20O3. The highest BCUT2D eigenvalue weighted by atomic mass is 16.5. The van der Waals surface area contributed by atoms with E-state index in [-0.39, 0.29) is 29.3 Å². The van der Waals surface area contributed by atoms with Gasteiger partial charge in [0.2, 0.25) is 0 Å². The predicted molar refractivity (Wildman–Crippen MR) is 72.0 cm³/mol. The summed E-state index contributed by atoms with van der Waals surface area (Å²) in [6.07, 6.45) is 4.44. The van der Waals surface area contributed by atoms with E-state index in [9.17, 15) is 9.90 Å². The van der Waals surface area contributed by atoms with E-state index in [0.29, 0.717) is 17.8 Å². The van der Waals surface area contributed by atoms with Gasteiger partial charge in [0, 0.05) is 16.6 Å². The molecule has 3 aliphatic rings. The summed E-state index contributed by atoms with van der Waals surface area (Å²) >= 11 is 0. The smallest absolute Gasteiger partial charge is 0.339 e. The quantitative estimate of drug-likeness (QED) is 0.681. The average molecular weight is 260 g/mol. The summed E-state index contributed by atoms with van der Waals surface area (Å²) in [6.45, 7) is 8.25. The zero-order valence-corrected chi connectivity index (χ0v) is 11.9. The molecule has 1 N–H and O–H groups in total. The van der Waals surface area contributed by atoms with E-state index in [1.54, 1.807) is 0 Å².